The molecular weight excluding hydrogens is 214 g/mol. The van der Waals surface area contributed by atoms with Crippen molar-refractivity contribution in [2.75, 3.05) is 32.8 Å². The van der Waals surface area contributed by atoms with E-state index in [0.29, 0.717) is 5.92 Å². The topological polar surface area (TPSA) is 32.7 Å². The minimum Gasteiger partial charge on any atom is -0.389 e. The van der Waals surface area contributed by atoms with Crippen LogP contribution in [0.4, 0.5) is 0 Å². The van der Waals surface area contributed by atoms with Crippen molar-refractivity contribution in [1.29, 1.82) is 0 Å². The Balaban J connectivity index is 1.83. The molecule has 0 bridgehead atoms. The highest BCUT2D eigenvalue weighted by atomic mass is 16.5. The molecule has 0 atom stereocenters. The molecule has 0 spiro atoms. The van der Waals surface area contributed by atoms with Crippen LogP contribution in [0.25, 0.3) is 0 Å². The SMILES string of the molecule is CC(C)CN1CCC(O)(C2CCOCC2)CC1. The number of hydrogen-bond donors (Lipinski definition) is 1. The van der Waals surface area contributed by atoms with E-state index in [1.165, 1.54) is 6.54 Å². The standard InChI is InChI=1S/C14H27NO2/c1-12(2)11-15-7-5-14(16,6-8-15)13-3-9-17-10-4-13/h12-13,16H,3-11H2,1-2H3. The lowest BCUT2D eigenvalue weighted by Crippen LogP contribution is -2.50. The van der Waals surface area contributed by atoms with Gasteiger partial charge in [0.15, 0.2) is 0 Å². The fourth-order valence-corrected chi connectivity index (χ4v) is 3.28. The fraction of sp³-hybridized carbons (Fsp3) is 1.00. The molecule has 0 amide bonds. The summed E-state index contributed by atoms with van der Waals surface area (Å²) in [5.74, 6) is 1.20. The molecule has 2 aliphatic rings. The van der Waals surface area contributed by atoms with Crippen molar-refractivity contribution in [1.82, 2.24) is 4.90 Å². The number of likely N-dealkylation sites (tertiary alicyclic amines) is 1. The predicted octanol–water partition coefficient (Wildman–Crippen LogP) is 1.90. The van der Waals surface area contributed by atoms with Crippen molar-refractivity contribution in [2.24, 2.45) is 11.8 Å². The normalized spacial score (nSPS) is 27.5. The lowest BCUT2D eigenvalue weighted by molar-refractivity contribution is -0.0989. The van der Waals surface area contributed by atoms with Crippen molar-refractivity contribution >= 4 is 0 Å². The predicted molar refractivity (Wildman–Crippen MR) is 69.0 cm³/mol. The maximum absolute atomic E-state index is 10.8. The van der Waals surface area contributed by atoms with Gasteiger partial charge >= 0.3 is 0 Å². The van der Waals surface area contributed by atoms with Crippen molar-refractivity contribution in [3.63, 3.8) is 0 Å². The van der Waals surface area contributed by atoms with Crippen molar-refractivity contribution in [3.05, 3.63) is 0 Å². The van der Waals surface area contributed by atoms with Crippen LogP contribution < -0.4 is 0 Å². The quantitative estimate of drug-likeness (QED) is 0.819. The van der Waals surface area contributed by atoms with Crippen LogP contribution >= 0.6 is 0 Å². The smallest absolute Gasteiger partial charge is 0.0701 e. The Morgan fingerprint density at radius 3 is 2.35 bits per heavy atom. The van der Waals surface area contributed by atoms with Gasteiger partial charge in [0.05, 0.1) is 5.60 Å². The highest BCUT2D eigenvalue weighted by Gasteiger charge is 2.40. The molecule has 0 radical (unpaired) electrons. The Bertz CT molecular complexity index is 228. The van der Waals surface area contributed by atoms with Crippen LogP contribution in [-0.4, -0.2) is 48.5 Å². The average Bonchev–Trinajstić information content (AvgIpc) is 2.33. The Labute approximate surface area is 105 Å². The van der Waals surface area contributed by atoms with E-state index in [0.717, 1.165) is 57.9 Å². The zero-order valence-corrected chi connectivity index (χ0v) is 11.3. The first-order valence-corrected chi connectivity index (χ1v) is 7.12. The summed E-state index contributed by atoms with van der Waals surface area (Å²) in [5, 5.41) is 10.8. The molecule has 0 aromatic carbocycles. The van der Waals surface area contributed by atoms with E-state index in [9.17, 15) is 5.11 Å². The Morgan fingerprint density at radius 1 is 1.24 bits per heavy atom. The summed E-state index contributed by atoms with van der Waals surface area (Å²) in [6, 6.07) is 0. The zero-order chi connectivity index (χ0) is 12.3. The van der Waals surface area contributed by atoms with E-state index in [1.54, 1.807) is 0 Å². The lowest BCUT2D eigenvalue weighted by Gasteiger charge is -2.44. The molecule has 2 heterocycles. The van der Waals surface area contributed by atoms with Gasteiger partial charge in [0, 0.05) is 32.8 Å². The number of aliphatic hydroxyl groups is 1. The third-order valence-electron chi connectivity index (χ3n) is 4.33. The van der Waals surface area contributed by atoms with Gasteiger partial charge in [-0.15, -0.1) is 0 Å². The summed E-state index contributed by atoms with van der Waals surface area (Å²) in [4.78, 5) is 2.50. The van der Waals surface area contributed by atoms with Crippen LogP contribution in [0.2, 0.25) is 0 Å². The van der Waals surface area contributed by atoms with Crippen LogP contribution in [0.1, 0.15) is 39.5 Å². The maximum Gasteiger partial charge on any atom is 0.0701 e. The van der Waals surface area contributed by atoms with Crippen LogP contribution in [0.3, 0.4) is 0 Å². The summed E-state index contributed by atoms with van der Waals surface area (Å²) < 4.78 is 5.39. The van der Waals surface area contributed by atoms with Crippen molar-refractivity contribution in [3.8, 4) is 0 Å². The van der Waals surface area contributed by atoms with Gasteiger partial charge < -0.3 is 14.7 Å². The van der Waals surface area contributed by atoms with Gasteiger partial charge in [-0.3, -0.25) is 0 Å². The molecule has 2 fully saturated rings. The minimum absolute atomic E-state index is 0.405. The Morgan fingerprint density at radius 2 is 1.82 bits per heavy atom. The first kappa shape index (κ1) is 13.3. The monoisotopic (exact) mass is 241 g/mol. The van der Waals surface area contributed by atoms with Crippen LogP contribution in [0.15, 0.2) is 0 Å². The number of ether oxygens (including phenoxy) is 1. The van der Waals surface area contributed by atoms with Crippen LogP contribution in [0.5, 0.6) is 0 Å². The molecule has 17 heavy (non-hydrogen) atoms. The van der Waals surface area contributed by atoms with Gasteiger partial charge in [-0.05, 0) is 37.5 Å². The van der Waals surface area contributed by atoms with E-state index in [2.05, 4.69) is 18.7 Å². The number of piperidine rings is 1. The lowest BCUT2D eigenvalue weighted by atomic mass is 9.75. The molecular formula is C14H27NO2. The second-order valence-electron chi connectivity index (χ2n) is 6.18. The zero-order valence-electron chi connectivity index (χ0n) is 11.3. The number of rotatable bonds is 3. The molecule has 0 unspecified atom stereocenters. The molecule has 100 valence electrons. The summed E-state index contributed by atoms with van der Waals surface area (Å²) in [7, 11) is 0. The van der Waals surface area contributed by atoms with Crippen molar-refractivity contribution in [2.45, 2.75) is 45.1 Å². The molecule has 0 aliphatic carbocycles. The van der Waals surface area contributed by atoms with Crippen LogP contribution in [0, 0.1) is 11.8 Å². The largest absolute Gasteiger partial charge is 0.389 e. The average molecular weight is 241 g/mol. The maximum atomic E-state index is 10.8. The molecule has 0 aromatic heterocycles. The Kier molecular flexibility index (Phi) is 4.45. The highest BCUT2D eigenvalue weighted by Crippen LogP contribution is 2.35. The molecule has 0 saturated carbocycles. The van der Waals surface area contributed by atoms with Crippen LogP contribution in [-0.2, 0) is 4.74 Å². The third kappa shape index (κ3) is 3.43. The van der Waals surface area contributed by atoms with Gasteiger partial charge in [0.25, 0.3) is 0 Å². The van der Waals surface area contributed by atoms with E-state index in [4.69, 9.17) is 4.74 Å². The second kappa shape index (κ2) is 5.68. The van der Waals surface area contributed by atoms with E-state index >= 15 is 0 Å². The molecule has 2 saturated heterocycles. The molecule has 2 aliphatic heterocycles. The van der Waals surface area contributed by atoms with E-state index in [-0.39, 0.29) is 0 Å². The minimum atomic E-state index is -0.405. The van der Waals surface area contributed by atoms with Gasteiger partial charge in [0.2, 0.25) is 0 Å². The van der Waals surface area contributed by atoms with E-state index < -0.39 is 5.60 Å². The molecule has 2 rings (SSSR count). The van der Waals surface area contributed by atoms with E-state index in [1.807, 2.05) is 0 Å². The van der Waals surface area contributed by atoms with Gasteiger partial charge in [-0.1, -0.05) is 13.8 Å². The fourth-order valence-electron chi connectivity index (χ4n) is 3.28. The molecule has 3 nitrogen and oxygen atoms in total. The second-order valence-corrected chi connectivity index (χ2v) is 6.18. The first-order chi connectivity index (χ1) is 8.10. The summed E-state index contributed by atoms with van der Waals surface area (Å²) in [5.41, 5.74) is -0.405. The van der Waals surface area contributed by atoms with Crippen molar-refractivity contribution < 1.29 is 9.84 Å². The number of nitrogens with zero attached hydrogens (tertiary/aromatic N) is 1. The third-order valence-corrected chi connectivity index (χ3v) is 4.33. The number of hydrogen-bond acceptors (Lipinski definition) is 3. The van der Waals surface area contributed by atoms with Gasteiger partial charge in [0.1, 0.15) is 0 Å². The molecule has 1 N–H and O–H groups in total. The highest BCUT2D eigenvalue weighted by molar-refractivity contribution is 4.92. The molecule has 0 aromatic rings. The summed E-state index contributed by atoms with van der Waals surface area (Å²) >= 11 is 0. The van der Waals surface area contributed by atoms with Gasteiger partial charge in [-0.25, -0.2) is 0 Å². The molecule has 3 heteroatoms. The van der Waals surface area contributed by atoms with Gasteiger partial charge in [-0.2, -0.15) is 0 Å². The first-order valence-electron chi connectivity index (χ1n) is 7.12. The summed E-state index contributed by atoms with van der Waals surface area (Å²) in [6.45, 7) is 9.49. The summed E-state index contributed by atoms with van der Waals surface area (Å²) in [6.07, 6.45) is 3.98. The Hall–Kier alpha value is -0.120.